The average molecular weight is 342 g/mol. The van der Waals surface area contributed by atoms with Crippen LogP contribution in [-0.2, 0) is 6.42 Å². The summed E-state index contributed by atoms with van der Waals surface area (Å²) in [5.41, 5.74) is 4.44. The first kappa shape index (κ1) is 15.7. The van der Waals surface area contributed by atoms with Gasteiger partial charge in [-0.25, -0.2) is 0 Å². The number of nitrogens with zero attached hydrogens (tertiary/aromatic N) is 2. The normalized spacial score (nSPS) is 10.9. The first-order valence-corrected chi connectivity index (χ1v) is 9.21. The highest BCUT2D eigenvalue weighted by molar-refractivity contribution is 7.26. The van der Waals surface area contributed by atoms with Gasteiger partial charge in [-0.3, -0.25) is 0 Å². The van der Waals surface area contributed by atoms with E-state index in [1.165, 1.54) is 27.0 Å². The van der Waals surface area contributed by atoms with E-state index in [-0.39, 0.29) is 0 Å². The Bertz CT molecular complexity index is 1100. The summed E-state index contributed by atoms with van der Waals surface area (Å²) in [5, 5.41) is 11.8. The van der Waals surface area contributed by atoms with Gasteiger partial charge in [0.2, 0.25) is 0 Å². The molecule has 4 aromatic rings. The van der Waals surface area contributed by atoms with Crippen LogP contribution < -0.4 is 4.90 Å². The molecule has 1 aromatic heterocycles. The van der Waals surface area contributed by atoms with Gasteiger partial charge >= 0.3 is 0 Å². The molecule has 0 radical (unpaired) electrons. The molecule has 0 aliphatic rings. The molecule has 0 saturated carbocycles. The fourth-order valence-electron chi connectivity index (χ4n) is 3.25. The molecule has 0 unspecified atom stereocenters. The van der Waals surface area contributed by atoms with Crippen LogP contribution in [0.3, 0.4) is 0 Å². The molecule has 0 aliphatic carbocycles. The van der Waals surface area contributed by atoms with Gasteiger partial charge in [-0.1, -0.05) is 43.3 Å². The molecule has 0 fully saturated rings. The van der Waals surface area contributed by atoms with E-state index in [0.29, 0.717) is 0 Å². The third kappa shape index (κ3) is 2.56. The van der Waals surface area contributed by atoms with Gasteiger partial charge < -0.3 is 4.90 Å². The van der Waals surface area contributed by atoms with Gasteiger partial charge in [0.05, 0.1) is 20.7 Å². The van der Waals surface area contributed by atoms with Crippen molar-refractivity contribution in [2.75, 3.05) is 11.9 Å². The first-order valence-electron chi connectivity index (χ1n) is 8.40. The van der Waals surface area contributed by atoms with Crippen LogP contribution in [0.2, 0.25) is 0 Å². The lowest BCUT2D eigenvalue weighted by Crippen LogP contribution is -2.09. The van der Waals surface area contributed by atoms with E-state index in [0.717, 1.165) is 22.1 Å². The number of hydrogen-bond donors (Lipinski definition) is 0. The Kier molecular flexibility index (Phi) is 3.91. The minimum atomic E-state index is 0.750. The minimum Gasteiger partial charge on any atom is -0.343 e. The van der Waals surface area contributed by atoms with Crippen molar-refractivity contribution in [1.82, 2.24) is 0 Å². The molecule has 25 heavy (non-hydrogen) atoms. The smallest absolute Gasteiger partial charge is 0.101 e. The van der Waals surface area contributed by atoms with Gasteiger partial charge in [-0.15, -0.1) is 11.3 Å². The zero-order valence-corrected chi connectivity index (χ0v) is 15.1. The molecule has 0 spiro atoms. The SMILES string of the molecule is CCc1ccc(N(C)c2cccc3c2sc2c(C#N)cccc23)cc1. The number of nitriles is 1. The number of hydrogen-bond acceptors (Lipinski definition) is 3. The van der Waals surface area contributed by atoms with Crippen LogP contribution in [0.15, 0.2) is 60.7 Å². The molecule has 0 saturated heterocycles. The maximum atomic E-state index is 9.41. The number of rotatable bonds is 3. The number of anilines is 2. The number of fused-ring (bicyclic) bond motifs is 3. The largest absolute Gasteiger partial charge is 0.343 e. The highest BCUT2D eigenvalue weighted by Crippen LogP contribution is 2.42. The highest BCUT2D eigenvalue weighted by atomic mass is 32.1. The molecule has 1 heterocycles. The molecule has 2 nitrogen and oxygen atoms in total. The van der Waals surface area contributed by atoms with Gasteiger partial charge in [0.15, 0.2) is 0 Å². The second kappa shape index (κ2) is 6.23. The van der Waals surface area contributed by atoms with Crippen LogP contribution in [0.1, 0.15) is 18.1 Å². The molecule has 0 atom stereocenters. The molecule has 122 valence electrons. The molecule has 0 aliphatic heterocycles. The van der Waals surface area contributed by atoms with Crippen molar-refractivity contribution in [2.24, 2.45) is 0 Å². The summed E-state index contributed by atoms with van der Waals surface area (Å²) in [5.74, 6) is 0. The van der Waals surface area contributed by atoms with Gasteiger partial charge in [-0.2, -0.15) is 5.26 Å². The second-order valence-electron chi connectivity index (χ2n) is 6.13. The van der Waals surface area contributed by atoms with Crippen LogP contribution in [0.25, 0.3) is 20.2 Å². The fraction of sp³-hybridized carbons (Fsp3) is 0.136. The van der Waals surface area contributed by atoms with Crippen molar-refractivity contribution < 1.29 is 0 Å². The van der Waals surface area contributed by atoms with Crippen molar-refractivity contribution in [3.8, 4) is 6.07 Å². The van der Waals surface area contributed by atoms with Crippen molar-refractivity contribution in [3.63, 3.8) is 0 Å². The zero-order chi connectivity index (χ0) is 17.4. The molecular formula is C22H18N2S. The van der Waals surface area contributed by atoms with Gasteiger partial charge in [-0.05, 0) is 36.2 Å². The summed E-state index contributed by atoms with van der Waals surface area (Å²) in [4.78, 5) is 2.23. The van der Waals surface area contributed by atoms with E-state index in [2.05, 4.69) is 73.5 Å². The predicted octanol–water partition coefficient (Wildman–Crippen LogP) is 6.26. The highest BCUT2D eigenvalue weighted by Gasteiger charge is 2.14. The summed E-state index contributed by atoms with van der Waals surface area (Å²) in [6, 6.07) is 23.4. The number of aryl methyl sites for hydroxylation is 1. The molecule has 4 rings (SSSR count). The lowest BCUT2D eigenvalue weighted by Gasteiger charge is -2.20. The third-order valence-electron chi connectivity index (χ3n) is 4.72. The summed E-state index contributed by atoms with van der Waals surface area (Å²) < 4.78 is 2.30. The van der Waals surface area contributed by atoms with Crippen LogP contribution in [0.5, 0.6) is 0 Å². The van der Waals surface area contributed by atoms with E-state index in [1.54, 1.807) is 11.3 Å². The van der Waals surface area contributed by atoms with Gasteiger partial charge in [0.1, 0.15) is 6.07 Å². The Labute approximate surface area is 151 Å². The van der Waals surface area contributed by atoms with E-state index < -0.39 is 0 Å². The standard InChI is InChI=1S/C22H18N2S/c1-3-15-10-12-17(13-11-15)24(2)20-9-5-8-19-18-7-4-6-16(14-23)21(18)25-22(19)20/h4-13H,3H2,1-2H3. The molecule has 3 aromatic carbocycles. The summed E-state index contributed by atoms with van der Waals surface area (Å²) in [6.45, 7) is 2.17. The van der Waals surface area contributed by atoms with Crippen molar-refractivity contribution in [2.45, 2.75) is 13.3 Å². The summed E-state index contributed by atoms with van der Waals surface area (Å²) >= 11 is 1.71. The van der Waals surface area contributed by atoms with Gasteiger partial charge in [0, 0.05) is 23.5 Å². The van der Waals surface area contributed by atoms with Crippen molar-refractivity contribution >= 4 is 42.9 Å². The first-order chi connectivity index (χ1) is 12.2. The summed E-state index contributed by atoms with van der Waals surface area (Å²) in [6.07, 6.45) is 1.05. The second-order valence-corrected chi connectivity index (χ2v) is 7.15. The van der Waals surface area contributed by atoms with Crippen LogP contribution in [0, 0.1) is 11.3 Å². The van der Waals surface area contributed by atoms with E-state index in [9.17, 15) is 5.26 Å². The topological polar surface area (TPSA) is 27.0 Å². The Balaban J connectivity index is 1.91. The third-order valence-corrected chi connectivity index (χ3v) is 5.99. The monoisotopic (exact) mass is 342 g/mol. The quantitative estimate of drug-likeness (QED) is 0.439. The van der Waals surface area contributed by atoms with Crippen molar-refractivity contribution in [3.05, 3.63) is 71.8 Å². The van der Waals surface area contributed by atoms with E-state index in [1.807, 2.05) is 12.1 Å². The maximum absolute atomic E-state index is 9.41. The van der Waals surface area contributed by atoms with Crippen molar-refractivity contribution in [1.29, 1.82) is 5.26 Å². The lowest BCUT2D eigenvalue weighted by atomic mass is 10.1. The summed E-state index contributed by atoms with van der Waals surface area (Å²) in [7, 11) is 2.10. The van der Waals surface area contributed by atoms with Crippen LogP contribution in [-0.4, -0.2) is 7.05 Å². The molecule has 3 heteroatoms. The zero-order valence-electron chi connectivity index (χ0n) is 14.3. The molecule has 0 N–H and O–H groups in total. The molecule has 0 bridgehead atoms. The minimum absolute atomic E-state index is 0.750. The Morgan fingerprint density at radius 2 is 1.60 bits per heavy atom. The van der Waals surface area contributed by atoms with Crippen LogP contribution >= 0.6 is 11.3 Å². The molecular weight excluding hydrogens is 324 g/mol. The lowest BCUT2D eigenvalue weighted by molar-refractivity contribution is 1.13. The van der Waals surface area contributed by atoms with Gasteiger partial charge in [0.25, 0.3) is 0 Å². The van der Waals surface area contributed by atoms with E-state index >= 15 is 0 Å². The number of thiophene rings is 1. The Morgan fingerprint density at radius 3 is 2.28 bits per heavy atom. The maximum Gasteiger partial charge on any atom is 0.101 e. The number of benzene rings is 3. The predicted molar refractivity (Wildman–Crippen MR) is 108 cm³/mol. The Morgan fingerprint density at radius 1 is 0.920 bits per heavy atom. The average Bonchev–Trinajstić information content (AvgIpc) is 3.06. The Hall–Kier alpha value is -2.83. The molecule has 0 amide bonds. The van der Waals surface area contributed by atoms with Crippen LogP contribution in [0.4, 0.5) is 11.4 Å². The fourth-order valence-corrected chi connectivity index (χ4v) is 4.57. The van der Waals surface area contributed by atoms with E-state index in [4.69, 9.17) is 0 Å².